The molecule has 1 N–H and O–H groups in total. The number of amides is 1. The van der Waals surface area contributed by atoms with Gasteiger partial charge in [-0.15, -0.1) is 0 Å². The minimum Gasteiger partial charge on any atom is -0.496 e. The lowest BCUT2D eigenvalue weighted by Crippen LogP contribution is -2.13. The van der Waals surface area contributed by atoms with Crippen LogP contribution in [0.2, 0.25) is 0 Å². The number of hydrogen-bond acceptors (Lipinski definition) is 5. The summed E-state index contributed by atoms with van der Waals surface area (Å²) in [4.78, 5) is 17.3. The average Bonchev–Trinajstić information content (AvgIpc) is 3.08. The maximum absolute atomic E-state index is 12.8. The van der Waals surface area contributed by atoms with Crippen LogP contribution < -0.4 is 14.8 Å². The molecule has 0 atom stereocenters. The van der Waals surface area contributed by atoms with Gasteiger partial charge < -0.3 is 9.47 Å². The Morgan fingerprint density at radius 2 is 1.89 bits per heavy atom. The first-order valence-electron chi connectivity index (χ1n) is 8.59. The van der Waals surface area contributed by atoms with Gasteiger partial charge in [-0.25, -0.2) is 4.98 Å². The van der Waals surface area contributed by atoms with E-state index in [1.807, 2.05) is 61.5 Å². The van der Waals surface area contributed by atoms with Crippen LogP contribution in [0.4, 0.5) is 5.13 Å². The fraction of sp³-hybridized carbons (Fsp3) is 0.143. The molecule has 0 aliphatic heterocycles. The summed E-state index contributed by atoms with van der Waals surface area (Å²) in [5, 5.41) is 5.43. The first-order valence-corrected chi connectivity index (χ1v) is 9.41. The maximum Gasteiger partial charge on any atom is 0.261 e. The van der Waals surface area contributed by atoms with Crippen molar-refractivity contribution in [1.29, 1.82) is 0 Å². The number of nitrogens with one attached hydrogen (secondary N) is 1. The molecule has 5 nitrogen and oxygen atoms in total. The molecule has 3 aromatic carbocycles. The van der Waals surface area contributed by atoms with Gasteiger partial charge in [0.15, 0.2) is 5.13 Å². The molecular weight excluding hydrogens is 360 g/mol. The largest absolute Gasteiger partial charge is 0.496 e. The molecule has 1 aromatic heterocycles. The Hall–Kier alpha value is -3.12. The van der Waals surface area contributed by atoms with E-state index in [9.17, 15) is 4.79 Å². The van der Waals surface area contributed by atoms with E-state index in [1.165, 1.54) is 11.3 Å². The molecule has 27 heavy (non-hydrogen) atoms. The lowest BCUT2D eigenvalue weighted by molar-refractivity contribution is 0.102. The van der Waals surface area contributed by atoms with Crippen LogP contribution in [0.25, 0.3) is 21.0 Å². The van der Waals surface area contributed by atoms with Gasteiger partial charge >= 0.3 is 0 Å². The summed E-state index contributed by atoms with van der Waals surface area (Å²) in [5.74, 6) is 1.08. The number of ether oxygens (including phenoxy) is 2. The Morgan fingerprint density at radius 1 is 1.11 bits per heavy atom. The first kappa shape index (κ1) is 17.3. The fourth-order valence-electron chi connectivity index (χ4n) is 2.95. The number of rotatable bonds is 5. The van der Waals surface area contributed by atoms with E-state index in [1.54, 1.807) is 7.11 Å². The normalized spacial score (nSPS) is 10.9. The SMILES string of the molecule is CCOc1ccc2nc(NC(=O)c3cc4ccccc4cc3OC)sc2c1. The lowest BCUT2D eigenvalue weighted by atomic mass is 10.1. The van der Waals surface area contributed by atoms with Gasteiger partial charge in [-0.3, -0.25) is 10.1 Å². The zero-order valence-corrected chi connectivity index (χ0v) is 15.8. The molecule has 0 aliphatic carbocycles. The van der Waals surface area contributed by atoms with Crippen LogP contribution in [0.3, 0.4) is 0 Å². The van der Waals surface area contributed by atoms with Gasteiger partial charge in [0, 0.05) is 0 Å². The summed E-state index contributed by atoms with van der Waals surface area (Å²) in [6, 6.07) is 17.3. The lowest BCUT2D eigenvalue weighted by Gasteiger charge is -2.09. The predicted octanol–water partition coefficient (Wildman–Crippen LogP) is 5.11. The minimum atomic E-state index is -0.248. The molecule has 1 heterocycles. The molecule has 136 valence electrons. The second kappa shape index (κ2) is 7.25. The fourth-order valence-corrected chi connectivity index (χ4v) is 3.83. The number of carbonyl (C=O) groups excluding carboxylic acids is 1. The van der Waals surface area contributed by atoms with Crippen molar-refractivity contribution in [2.75, 3.05) is 19.0 Å². The van der Waals surface area contributed by atoms with Crippen molar-refractivity contribution in [3.8, 4) is 11.5 Å². The van der Waals surface area contributed by atoms with Crippen molar-refractivity contribution in [2.45, 2.75) is 6.92 Å². The molecule has 4 aromatic rings. The number of fused-ring (bicyclic) bond motifs is 2. The van der Waals surface area contributed by atoms with Crippen LogP contribution in [0.15, 0.2) is 54.6 Å². The summed E-state index contributed by atoms with van der Waals surface area (Å²) in [6.45, 7) is 2.55. The number of aromatic nitrogens is 1. The monoisotopic (exact) mass is 378 g/mol. The highest BCUT2D eigenvalue weighted by atomic mass is 32.1. The van der Waals surface area contributed by atoms with Crippen LogP contribution in [0, 0.1) is 0 Å². The number of methoxy groups -OCH3 is 1. The zero-order chi connectivity index (χ0) is 18.8. The zero-order valence-electron chi connectivity index (χ0n) is 15.0. The molecule has 6 heteroatoms. The van der Waals surface area contributed by atoms with Crippen molar-refractivity contribution in [2.24, 2.45) is 0 Å². The maximum atomic E-state index is 12.8. The Kier molecular flexibility index (Phi) is 4.64. The van der Waals surface area contributed by atoms with Crippen molar-refractivity contribution >= 4 is 43.4 Å². The highest BCUT2D eigenvalue weighted by Crippen LogP contribution is 2.31. The second-order valence-electron chi connectivity index (χ2n) is 5.94. The third-order valence-electron chi connectivity index (χ3n) is 4.20. The molecule has 0 saturated heterocycles. The number of hydrogen-bond donors (Lipinski definition) is 1. The van der Waals surface area contributed by atoms with E-state index >= 15 is 0 Å². The smallest absolute Gasteiger partial charge is 0.261 e. The van der Waals surface area contributed by atoms with Gasteiger partial charge in [0.25, 0.3) is 5.91 Å². The van der Waals surface area contributed by atoms with Gasteiger partial charge in [-0.05, 0) is 48.0 Å². The molecule has 4 rings (SSSR count). The standard InChI is InChI=1S/C21H18N2O3S/c1-3-26-15-8-9-17-19(12-15)27-21(22-17)23-20(24)16-10-13-6-4-5-7-14(13)11-18(16)25-2/h4-12H,3H2,1-2H3,(H,22,23,24). The molecule has 0 spiro atoms. The minimum absolute atomic E-state index is 0.248. The van der Waals surface area contributed by atoms with Gasteiger partial charge in [-0.2, -0.15) is 0 Å². The Bertz CT molecular complexity index is 1140. The number of nitrogens with zero attached hydrogens (tertiary/aromatic N) is 1. The van der Waals surface area contributed by atoms with Crippen LogP contribution in [0.1, 0.15) is 17.3 Å². The number of carbonyl (C=O) groups is 1. The van der Waals surface area contributed by atoms with Gasteiger partial charge in [-0.1, -0.05) is 35.6 Å². The molecule has 1 amide bonds. The first-order chi connectivity index (χ1) is 13.2. The Labute approximate surface area is 160 Å². The van der Waals surface area contributed by atoms with Crippen LogP contribution >= 0.6 is 11.3 Å². The summed E-state index contributed by atoms with van der Waals surface area (Å²) in [5.41, 5.74) is 1.30. The molecule has 0 aliphatic rings. The van der Waals surface area contributed by atoms with E-state index < -0.39 is 0 Å². The highest BCUT2D eigenvalue weighted by molar-refractivity contribution is 7.22. The summed E-state index contributed by atoms with van der Waals surface area (Å²) in [6.07, 6.45) is 0. The van der Waals surface area contributed by atoms with E-state index in [-0.39, 0.29) is 5.91 Å². The van der Waals surface area contributed by atoms with Crippen molar-refractivity contribution in [3.05, 3.63) is 60.2 Å². The quantitative estimate of drug-likeness (QED) is 0.524. The van der Waals surface area contributed by atoms with Crippen LogP contribution in [-0.2, 0) is 0 Å². The predicted molar refractivity (Wildman–Crippen MR) is 109 cm³/mol. The van der Waals surface area contributed by atoms with E-state index in [2.05, 4.69) is 10.3 Å². The Morgan fingerprint density at radius 3 is 2.63 bits per heavy atom. The van der Waals surface area contributed by atoms with Crippen LogP contribution in [-0.4, -0.2) is 24.6 Å². The third kappa shape index (κ3) is 3.44. The molecule has 0 bridgehead atoms. The van der Waals surface area contributed by atoms with E-state index in [0.29, 0.717) is 23.1 Å². The number of anilines is 1. The van der Waals surface area contributed by atoms with E-state index in [0.717, 1.165) is 26.7 Å². The van der Waals surface area contributed by atoms with Crippen LogP contribution in [0.5, 0.6) is 11.5 Å². The third-order valence-corrected chi connectivity index (χ3v) is 5.14. The molecule has 0 unspecified atom stereocenters. The van der Waals surface area contributed by atoms with E-state index in [4.69, 9.17) is 9.47 Å². The summed E-state index contributed by atoms with van der Waals surface area (Å²) >= 11 is 1.41. The molecule has 0 radical (unpaired) electrons. The van der Waals surface area contributed by atoms with Gasteiger partial charge in [0.1, 0.15) is 11.5 Å². The molecule has 0 saturated carbocycles. The molecule has 0 fully saturated rings. The topological polar surface area (TPSA) is 60.5 Å². The summed E-state index contributed by atoms with van der Waals surface area (Å²) < 4.78 is 11.9. The second-order valence-corrected chi connectivity index (χ2v) is 6.97. The van der Waals surface area contributed by atoms with Gasteiger partial charge in [0.05, 0.1) is 29.5 Å². The number of benzene rings is 3. The Balaban J connectivity index is 1.65. The summed E-state index contributed by atoms with van der Waals surface area (Å²) in [7, 11) is 1.56. The highest BCUT2D eigenvalue weighted by Gasteiger charge is 2.16. The van der Waals surface area contributed by atoms with Crippen molar-refractivity contribution in [1.82, 2.24) is 4.98 Å². The number of thiazole rings is 1. The average molecular weight is 378 g/mol. The molecular formula is C21H18N2O3S. The van der Waals surface area contributed by atoms with Gasteiger partial charge in [0.2, 0.25) is 0 Å². The van der Waals surface area contributed by atoms with Crippen molar-refractivity contribution < 1.29 is 14.3 Å². The van der Waals surface area contributed by atoms with Crippen molar-refractivity contribution in [3.63, 3.8) is 0 Å².